The summed E-state index contributed by atoms with van der Waals surface area (Å²) < 4.78 is 11.1. The summed E-state index contributed by atoms with van der Waals surface area (Å²) in [6.07, 6.45) is 0. The molecule has 0 aromatic heterocycles. The molecule has 0 bridgehead atoms. The van der Waals surface area contributed by atoms with Crippen molar-refractivity contribution >= 4 is 39.3 Å². The predicted molar refractivity (Wildman–Crippen MR) is 75.0 cm³/mol. The molecule has 100 valence electrons. The zero-order valence-electron chi connectivity index (χ0n) is 10.2. The summed E-state index contributed by atoms with van der Waals surface area (Å²) in [6, 6.07) is 5.44. The van der Waals surface area contributed by atoms with Gasteiger partial charge >= 0.3 is 5.97 Å². The Balaban J connectivity index is 2.22. The first-order valence-corrected chi connectivity index (χ1v) is 6.40. The number of carbonyl (C=O) groups is 1. The standard InChI is InChI=1S/C12H12BrN3O3/c1-2-18-12(17)11(14)16-10-6-19-9-5-7(13)3-4-8(9)15-10/h3-5H,2,6H2,1H3,(H2,14,15,16). The van der Waals surface area contributed by atoms with E-state index in [1.54, 1.807) is 13.0 Å². The van der Waals surface area contributed by atoms with E-state index in [4.69, 9.17) is 15.2 Å². The van der Waals surface area contributed by atoms with E-state index in [0.717, 1.165) is 4.47 Å². The number of amidine groups is 2. The highest BCUT2D eigenvalue weighted by atomic mass is 79.9. The lowest BCUT2D eigenvalue weighted by molar-refractivity contribution is -0.135. The Morgan fingerprint density at radius 1 is 1.63 bits per heavy atom. The Morgan fingerprint density at radius 3 is 3.16 bits per heavy atom. The van der Waals surface area contributed by atoms with E-state index in [-0.39, 0.29) is 19.0 Å². The van der Waals surface area contributed by atoms with Crippen LogP contribution in [0.25, 0.3) is 0 Å². The lowest BCUT2D eigenvalue weighted by atomic mass is 10.3. The van der Waals surface area contributed by atoms with Gasteiger partial charge in [0.1, 0.15) is 18.0 Å². The maximum Gasteiger partial charge on any atom is 0.373 e. The molecule has 0 atom stereocenters. The van der Waals surface area contributed by atoms with Gasteiger partial charge in [-0.05, 0) is 25.1 Å². The highest BCUT2D eigenvalue weighted by Crippen LogP contribution is 2.33. The van der Waals surface area contributed by atoms with Gasteiger partial charge in [-0.3, -0.25) is 0 Å². The fraction of sp³-hybridized carbons (Fsp3) is 0.250. The van der Waals surface area contributed by atoms with Crippen LogP contribution in [0.2, 0.25) is 0 Å². The molecule has 7 heteroatoms. The summed E-state index contributed by atoms with van der Waals surface area (Å²) in [5, 5.41) is 0. The normalized spacial score (nSPS) is 14.2. The smallest absolute Gasteiger partial charge is 0.373 e. The first-order valence-electron chi connectivity index (χ1n) is 5.61. The van der Waals surface area contributed by atoms with E-state index in [1.165, 1.54) is 0 Å². The van der Waals surface area contributed by atoms with E-state index in [0.29, 0.717) is 17.3 Å². The van der Waals surface area contributed by atoms with Gasteiger partial charge in [-0.1, -0.05) is 15.9 Å². The summed E-state index contributed by atoms with van der Waals surface area (Å²) in [6.45, 7) is 2.10. The number of nitrogens with zero attached hydrogens (tertiary/aromatic N) is 2. The minimum Gasteiger partial charge on any atom is -0.483 e. The third-order valence-electron chi connectivity index (χ3n) is 2.26. The van der Waals surface area contributed by atoms with Crippen molar-refractivity contribution in [2.24, 2.45) is 15.7 Å². The maximum atomic E-state index is 11.3. The van der Waals surface area contributed by atoms with Crippen LogP contribution in [0.1, 0.15) is 6.92 Å². The number of hydrogen-bond donors (Lipinski definition) is 1. The molecule has 2 N–H and O–H groups in total. The fourth-order valence-electron chi connectivity index (χ4n) is 1.46. The van der Waals surface area contributed by atoms with Crippen molar-refractivity contribution in [1.29, 1.82) is 0 Å². The van der Waals surface area contributed by atoms with Gasteiger partial charge in [-0.25, -0.2) is 14.8 Å². The monoisotopic (exact) mass is 325 g/mol. The van der Waals surface area contributed by atoms with Crippen LogP contribution in [-0.4, -0.2) is 30.9 Å². The molecule has 2 rings (SSSR count). The molecule has 1 heterocycles. The molecule has 1 aromatic rings. The summed E-state index contributed by atoms with van der Waals surface area (Å²) in [5.74, 6) is 0.0972. The second-order valence-electron chi connectivity index (χ2n) is 3.65. The average molecular weight is 326 g/mol. The van der Waals surface area contributed by atoms with Gasteiger partial charge in [0.25, 0.3) is 0 Å². The van der Waals surface area contributed by atoms with Crippen LogP contribution in [0.5, 0.6) is 5.75 Å². The van der Waals surface area contributed by atoms with Crippen molar-refractivity contribution in [3.05, 3.63) is 22.7 Å². The zero-order chi connectivity index (χ0) is 13.8. The third-order valence-corrected chi connectivity index (χ3v) is 2.76. The molecule has 0 spiro atoms. The highest BCUT2D eigenvalue weighted by molar-refractivity contribution is 9.10. The average Bonchev–Trinajstić information content (AvgIpc) is 2.39. The molecular formula is C12H12BrN3O3. The van der Waals surface area contributed by atoms with Crippen LogP contribution >= 0.6 is 15.9 Å². The molecule has 1 aliphatic heterocycles. The second-order valence-corrected chi connectivity index (χ2v) is 4.56. The van der Waals surface area contributed by atoms with Crippen LogP contribution in [0.4, 0.5) is 5.69 Å². The molecule has 0 unspecified atom stereocenters. The molecule has 0 saturated heterocycles. The molecule has 0 aliphatic carbocycles. The zero-order valence-corrected chi connectivity index (χ0v) is 11.8. The van der Waals surface area contributed by atoms with E-state index in [1.807, 2.05) is 12.1 Å². The fourth-order valence-corrected chi connectivity index (χ4v) is 1.80. The number of carbonyl (C=O) groups excluding carboxylic acids is 1. The van der Waals surface area contributed by atoms with Crippen molar-refractivity contribution in [2.75, 3.05) is 13.2 Å². The minimum absolute atomic E-state index is 0.156. The summed E-state index contributed by atoms with van der Waals surface area (Å²) in [7, 11) is 0. The SMILES string of the molecule is CCOC(=O)C(N)=NC1=Nc2ccc(Br)cc2OC1. The van der Waals surface area contributed by atoms with Gasteiger partial charge in [-0.15, -0.1) is 0 Å². The van der Waals surface area contributed by atoms with Crippen molar-refractivity contribution in [2.45, 2.75) is 6.92 Å². The molecule has 0 amide bonds. The minimum atomic E-state index is -0.660. The quantitative estimate of drug-likeness (QED) is 0.484. The molecule has 0 fully saturated rings. The Bertz CT molecular complexity index is 569. The number of hydrogen-bond acceptors (Lipinski definition) is 5. The van der Waals surface area contributed by atoms with Crippen LogP contribution in [-0.2, 0) is 9.53 Å². The van der Waals surface area contributed by atoms with Crippen molar-refractivity contribution < 1.29 is 14.3 Å². The first kappa shape index (κ1) is 13.5. The van der Waals surface area contributed by atoms with E-state index in [9.17, 15) is 4.79 Å². The first-order chi connectivity index (χ1) is 9.10. The predicted octanol–water partition coefficient (Wildman–Crippen LogP) is 1.79. The largest absolute Gasteiger partial charge is 0.483 e. The topological polar surface area (TPSA) is 86.3 Å². The van der Waals surface area contributed by atoms with E-state index >= 15 is 0 Å². The third kappa shape index (κ3) is 3.31. The van der Waals surface area contributed by atoms with Gasteiger partial charge in [0.15, 0.2) is 5.84 Å². The van der Waals surface area contributed by atoms with Gasteiger partial charge in [0.2, 0.25) is 5.84 Å². The second kappa shape index (κ2) is 5.83. The van der Waals surface area contributed by atoms with Crippen LogP contribution in [0.3, 0.4) is 0 Å². The highest BCUT2D eigenvalue weighted by Gasteiger charge is 2.15. The van der Waals surface area contributed by atoms with Gasteiger partial charge in [0.05, 0.1) is 6.61 Å². The summed E-state index contributed by atoms with van der Waals surface area (Å²) in [4.78, 5) is 19.5. The Morgan fingerprint density at radius 2 is 2.42 bits per heavy atom. The molecule has 1 aliphatic rings. The van der Waals surface area contributed by atoms with E-state index in [2.05, 4.69) is 25.9 Å². The van der Waals surface area contributed by atoms with Crippen LogP contribution in [0, 0.1) is 0 Å². The van der Waals surface area contributed by atoms with Gasteiger partial charge < -0.3 is 15.2 Å². The molecule has 19 heavy (non-hydrogen) atoms. The number of rotatable bonds is 1. The number of fused-ring (bicyclic) bond motifs is 1. The molecule has 1 aromatic carbocycles. The Labute approximate surface area is 118 Å². The number of esters is 1. The van der Waals surface area contributed by atoms with Crippen molar-refractivity contribution in [1.82, 2.24) is 0 Å². The maximum absolute atomic E-state index is 11.3. The number of ether oxygens (including phenoxy) is 2. The number of benzene rings is 1. The van der Waals surface area contributed by atoms with Gasteiger partial charge in [0, 0.05) is 4.47 Å². The lowest BCUT2D eigenvalue weighted by Gasteiger charge is -2.14. The Kier molecular flexibility index (Phi) is 4.16. The number of halogens is 1. The Hall–Kier alpha value is -1.89. The molecular weight excluding hydrogens is 314 g/mol. The van der Waals surface area contributed by atoms with Crippen molar-refractivity contribution in [3.8, 4) is 5.75 Å². The number of nitrogens with two attached hydrogens (primary N) is 1. The molecule has 0 saturated carbocycles. The summed E-state index contributed by atoms with van der Waals surface area (Å²) >= 11 is 3.34. The van der Waals surface area contributed by atoms with Gasteiger partial charge in [-0.2, -0.15) is 0 Å². The molecule has 6 nitrogen and oxygen atoms in total. The summed E-state index contributed by atoms with van der Waals surface area (Å²) in [5.41, 5.74) is 6.15. The van der Waals surface area contributed by atoms with Crippen molar-refractivity contribution in [3.63, 3.8) is 0 Å². The number of aliphatic imine (C=N–C) groups is 2. The van der Waals surface area contributed by atoms with Crippen LogP contribution in [0.15, 0.2) is 32.7 Å². The van der Waals surface area contributed by atoms with E-state index < -0.39 is 5.97 Å². The van der Waals surface area contributed by atoms with Crippen LogP contribution < -0.4 is 10.5 Å². The lowest BCUT2D eigenvalue weighted by Crippen LogP contribution is -2.28. The molecule has 0 radical (unpaired) electrons.